The number of thioether (sulfide) groups is 1. The molecular weight excluding hydrogens is 404 g/mol. The second-order valence-electron chi connectivity index (χ2n) is 5.83. The number of hydrogen-bond acceptors (Lipinski definition) is 6. The van der Waals surface area contributed by atoms with E-state index in [0.717, 1.165) is 0 Å². The molecule has 0 aliphatic carbocycles. The lowest BCUT2D eigenvalue weighted by molar-refractivity contribution is -0.143. The highest BCUT2D eigenvalue weighted by molar-refractivity contribution is 8.16. The minimum absolute atomic E-state index is 0.0160. The van der Waals surface area contributed by atoms with E-state index in [4.69, 9.17) is 21.4 Å². The van der Waals surface area contributed by atoms with E-state index in [1.54, 1.807) is 29.2 Å². The Morgan fingerprint density at radius 3 is 2.81 bits per heavy atom. The first-order valence-corrected chi connectivity index (χ1v) is 10.7. The Labute approximate surface area is 159 Å². The number of aliphatic carboxylic acids is 1. The van der Waals surface area contributed by atoms with Crippen molar-refractivity contribution in [2.45, 2.75) is 11.3 Å². The summed E-state index contributed by atoms with van der Waals surface area (Å²) in [4.78, 5) is 28.1. The van der Waals surface area contributed by atoms with Crippen LogP contribution in [0.1, 0.15) is 0 Å². The van der Waals surface area contributed by atoms with Crippen LogP contribution >= 0.6 is 23.4 Å². The summed E-state index contributed by atoms with van der Waals surface area (Å²) in [7, 11) is -3.16. The number of amides is 1. The van der Waals surface area contributed by atoms with Crippen molar-refractivity contribution >= 4 is 55.9 Å². The molecular formula is C15H15ClN2O6S2. The van der Waals surface area contributed by atoms with Gasteiger partial charge < -0.3 is 14.7 Å². The largest absolute Gasteiger partial charge is 0.480 e. The number of ether oxygens (including phenoxy) is 1. The summed E-state index contributed by atoms with van der Waals surface area (Å²) in [5, 5.41) is 9.14. The van der Waals surface area contributed by atoms with Crippen LogP contribution in [0, 0.1) is 0 Å². The molecule has 2 fully saturated rings. The van der Waals surface area contributed by atoms with Crippen LogP contribution in [-0.4, -0.2) is 66.6 Å². The molecule has 140 valence electrons. The summed E-state index contributed by atoms with van der Waals surface area (Å²) in [6.45, 7) is -1.06. The summed E-state index contributed by atoms with van der Waals surface area (Å²) in [5.74, 6) is -1.83. The van der Waals surface area contributed by atoms with Gasteiger partial charge in [0, 0.05) is 16.0 Å². The van der Waals surface area contributed by atoms with E-state index < -0.39 is 34.9 Å². The lowest BCUT2D eigenvalue weighted by atomic mass is 10.2. The minimum Gasteiger partial charge on any atom is -0.480 e. The molecule has 0 saturated carbocycles. The van der Waals surface area contributed by atoms with E-state index in [1.807, 2.05) is 0 Å². The van der Waals surface area contributed by atoms with E-state index in [2.05, 4.69) is 4.99 Å². The average molecular weight is 419 g/mol. The first kappa shape index (κ1) is 19.2. The molecule has 8 nitrogen and oxygen atoms in total. The van der Waals surface area contributed by atoms with Gasteiger partial charge >= 0.3 is 5.97 Å². The smallest absolute Gasteiger partial charge is 0.329 e. The van der Waals surface area contributed by atoms with Gasteiger partial charge in [-0.25, -0.2) is 13.2 Å². The van der Waals surface area contributed by atoms with Gasteiger partial charge in [0.25, 0.3) is 5.91 Å². The highest BCUT2D eigenvalue weighted by Gasteiger charge is 2.49. The number of amidine groups is 1. The summed E-state index contributed by atoms with van der Waals surface area (Å²) < 4.78 is 28.7. The molecule has 2 saturated heterocycles. The third-order valence-corrected chi connectivity index (χ3v) is 7.27. The zero-order chi connectivity index (χ0) is 18.9. The molecule has 2 aliphatic heterocycles. The molecule has 0 bridgehead atoms. The second kappa shape index (κ2) is 7.55. The fraction of sp³-hybridized carbons (Fsp3) is 0.400. The number of carboxylic acid groups (broad SMARTS) is 1. The molecule has 26 heavy (non-hydrogen) atoms. The molecule has 3 rings (SSSR count). The predicted molar refractivity (Wildman–Crippen MR) is 98.6 cm³/mol. The van der Waals surface area contributed by atoms with Gasteiger partial charge in [-0.2, -0.15) is 4.99 Å². The zero-order valence-electron chi connectivity index (χ0n) is 13.4. The van der Waals surface area contributed by atoms with Gasteiger partial charge in [-0.15, -0.1) is 0 Å². The minimum atomic E-state index is -3.16. The number of halogens is 1. The van der Waals surface area contributed by atoms with Crippen molar-refractivity contribution in [3.05, 3.63) is 29.3 Å². The van der Waals surface area contributed by atoms with Crippen LogP contribution in [0.4, 0.5) is 5.69 Å². The van der Waals surface area contributed by atoms with E-state index in [0.29, 0.717) is 15.9 Å². The van der Waals surface area contributed by atoms with Gasteiger partial charge in [0.05, 0.1) is 17.5 Å². The van der Waals surface area contributed by atoms with Gasteiger partial charge in [0.15, 0.2) is 15.0 Å². The van der Waals surface area contributed by atoms with Gasteiger partial charge in [-0.1, -0.05) is 29.4 Å². The van der Waals surface area contributed by atoms with Crippen molar-refractivity contribution in [2.24, 2.45) is 4.99 Å². The number of benzene rings is 1. The normalized spacial score (nSPS) is 25.4. The Morgan fingerprint density at radius 1 is 1.35 bits per heavy atom. The fourth-order valence-corrected chi connectivity index (χ4v) is 6.97. The van der Waals surface area contributed by atoms with Crippen LogP contribution in [0.2, 0.25) is 5.02 Å². The number of anilines is 1. The van der Waals surface area contributed by atoms with Gasteiger partial charge in [0.1, 0.15) is 13.2 Å². The number of hydrogen-bond donors (Lipinski definition) is 1. The number of nitrogens with zero attached hydrogens (tertiary/aromatic N) is 2. The van der Waals surface area contributed by atoms with Crippen LogP contribution < -0.4 is 4.90 Å². The Hall–Kier alpha value is -1.62. The van der Waals surface area contributed by atoms with E-state index >= 15 is 0 Å². The molecule has 2 aliphatic rings. The molecule has 0 aromatic heterocycles. The van der Waals surface area contributed by atoms with Gasteiger partial charge in [-0.3, -0.25) is 4.79 Å². The summed E-state index contributed by atoms with van der Waals surface area (Å²) in [6.07, 6.45) is 0. The number of sulfone groups is 1. The number of carbonyl (C=O) groups excluding carboxylic acids is 1. The summed E-state index contributed by atoms with van der Waals surface area (Å²) >= 11 is 7.26. The molecule has 1 aromatic rings. The van der Waals surface area contributed by atoms with Crippen LogP contribution in [-0.2, 0) is 24.2 Å². The number of fused-ring (bicyclic) bond motifs is 1. The first-order chi connectivity index (χ1) is 12.2. The quantitative estimate of drug-likeness (QED) is 0.754. The highest BCUT2D eigenvalue weighted by atomic mass is 35.5. The molecule has 0 unspecified atom stereocenters. The number of aliphatic imine (C=N–C) groups is 1. The monoisotopic (exact) mass is 418 g/mol. The van der Waals surface area contributed by atoms with Crippen LogP contribution in [0.15, 0.2) is 29.3 Å². The van der Waals surface area contributed by atoms with E-state index in [-0.39, 0.29) is 22.8 Å². The Balaban J connectivity index is 1.85. The molecule has 2 atom stereocenters. The Bertz CT molecular complexity index is 873. The van der Waals surface area contributed by atoms with E-state index in [1.165, 1.54) is 11.8 Å². The van der Waals surface area contributed by atoms with Gasteiger partial charge in [-0.05, 0) is 18.2 Å². The maximum Gasteiger partial charge on any atom is 0.329 e. The first-order valence-electron chi connectivity index (χ1n) is 7.58. The second-order valence-corrected chi connectivity index (χ2v) is 9.62. The lowest BCUT2D eigenvalue weighted by Gasteiger charge is -2.24. The van der Waals surface area contributed by atoms with Crippen molar-refractivity contribution in [1.29, 1.82) is 0 Å². The number of rotatable bonds is 5. The molecule has 2 heterocycles. The average Bonchev–Trinajstić information content (AvgIpc) is 2.97. The summed E-state index contributed by atoms with van der Waals surface area (Å²) in [6, 6.07) is 6.53. The molecule has 0 spiro atoms. The summed E-state index contributed by atoms with van der Waals surface area (Å²) in [5.41, 5.74) is 0.646. The topological polar surface area (TPSA) is 113 Å². The van der Waals surface area contributed by atoms with Gasteiger partial charge in [0.2, 0.25) is 0 Å². The van der Waals surface area contributed by atoms with Crippen LogP contribution in [0.5, 0.6) is 0 Å². The molecule has 1 N–H and O–H groups in total. The highest BCUT2D eigenvalue weighted by Crippen LogP contribution is 2.41. The third-order valence-electron chi connectivity index (χ3n) is 3.82. The maximum atomic E-state index is 12.0. The standard InChI is InChI=1S/C15H15ClN2O6S2/c16-9-2-1-3-10(4-9)18-11-7-26(22,23)8-12(11)25-15(18)17-13(19)5-24-6-14(20)21/h1-4,11-12H,5-8H2,(H,20,21)/t11-,12-/m0/s1. The van der Waals surface area contributed by atoms with Crippen molar-refractivity contribution in [3.63, 3.8) is 0 Å². The van der Waals surface area contributed by atoms with E-state index in [9.17, 15) is 18.0 Å². The zero-order valence-corrected chi connectivity index (χ0v) is 15.8. The van der Waals surface area contributed by atoms with Crippen molar-refractivity contribution in [1.82, 2.24) is 0 Å². The lowest BCUT2D eigenvalue weighted by Crippen LogP contribution is -2.37. The maximum absolute atomic E-state index is 12.0. The fourth-order valence-electron chi connectivity index (χ4n) is 2.86. The van der Waals surface area contributed by atoms with Crippen LogP contribution in [0.3, 0.4) is 0 Å². The van der Waals surface area contributed by atoms with Crippen LogP contribution in [0.25, 0.3) is 0 Å². The number of carbonyl (C=O) groups is 2. The molecule has 0 radical (unpaired) electrons. The Kier molecular flexibility index (Phi) is 5.56. The molecule has 1 aromatic carbocycles. The Morgan fingerprint density at radius 2 is 2.12 bits per heavy atom. The number of carboxylic acids is 1. The van der Waals surface area contributed by atoms with Crippen molar-refractivity contribution in [2.75, 3.05) is 29.6 Å². The SMILES string of the molecule is O=C(O)COCC(=O)N=C1S[C@H]2CS(=O)(=O)C[C@@H]2N1c1cccc(Cl)c1. The molecule has 1 amide bonds. The van der Waals surface area contributed by atoms with Crippen molar-refractivity contribution in [3.8, 4) is 0 Å². The predicted octanol–water partition coefficient (Wildman–Crippen LogP) is 1.04. The van der Waals surface area contributed by atoms with Crippen molar-refractivity contribution < 1.29 is 27.9 Å². The third kappa shape index (κ3) is 4.37. The molecule has 11 heteroatoms.